The Hall–Kier alpha value is -1.49. The molecule has 2 rings (SSSR count). The number of aryl methyl sites for hydroxylation is 1. The highest BCUT2D eigenvalue weighted by Crippen LogP contribution is 2.18. The lowest BCUT2D eigenvalue weighted by Gasteiger charge is -2.06. The molecular formula is C11H14N4S. The lowest BCUT2D eigenvalue weighted by Crippen LogP contribution is -1.98. The van der Waals surface area contributed by atoms with E-state index in [-0.39, 0.29) is 0 Å². The fourth-order valence-corrected chi connectivity index (χ4v) is 1.68. The molecule has 0 aromatic carbocycles. The van der Waals surface area contributed by atoms with Gasteiger partial charge in [-0.2, -0.15) is 5.10 Å². The smallest absolute Gasteiger partial charge is 0.130 e. The summed E-state index contributed by atoms with van der Waals surface area (Å²) in [6.45, 7) is 4.17. The molecule has 0 bridgehead atoms. The number of nitrogens with one attached hydrogen (secondary N) is 1. The van der Waals surface area contributed by atoms with Crippen LogP contribution in [0.15, 0.2) is 18.5 Å². The normalized spacial score (nSPS) is 11.0. The molecule has 1 N–H and O–H groups in total. The number of rotatable bonds is 2. The lowest BCUT2D eigenvalue weighted by atomic mass is 10.2. The van der Waals surface area contributed by atoms with Gasteiger partial charge in [-0.1, -0.05) is 26.1 Å². The van der Waals surface area contributed by atoms with E-state index in [0.717, 1.165) is 17.1 Å². The van der Waals surface area contributed by atoms with E-state index in [0.29, 0.717) is 10.6 Å². The summed E-state index contributed by atoms with van der Waals surface area (Å²) in [5.41, 5.74) is 2.00. The average molecular weight is 234 g/mol. The van der Waals surface area contributed by atoms with Crippen molar-refractivity contribution in [3.8, 4) is 11.3 Å². The third kappa shape index (κ3) is 2.19. The zero-order chi connectivity index (χ0) is 11.7. The highest BCUT2D eigenvalue weighted by molar-refractivity contribution is 7.71. The summed E-state index contributed by atoms with van der Waals surface area (Å²) in [6.07, 6.45) is 3.76. The minimum atomic E-state index is 0.332. The monoisotopic (exact) mass is 234 g/mol. The molecule has 5 heteroatoms. The van der Waals surface area contributed by atoms with Crippen LogP contribution in [-0.4, -0.2) is 19.7 Å². The Bertz CT molecular complexity index is 553. The van der Waals surface area contributed by atoms with E-state index in [2.05, 4.69) is 28.9 Å². The van der Waals surface area contributed by atoms with E-state index in [4.69, 9.17) is 12.2 Å². The van der Waals surface area contributed by atoms with Gasteiger partial charge < -0.3 is 4.98 Å². The predicted molar refractivity (Wildman–Crippen MR) is 65.7 cm³/mol. The van der Waals surface area contributed by atoms with Crippen molar-refractivity contribution in [1.29, 1.82) is 0 Å². The highest BCUT2D eigenvalue weighted by atomic mass is 32.1. The van der Waals surface area contributed by atoms with Gasteiger partial charge in [0, 0.05) is 24.7 Å². The molecule has 0 saturated carbocycles. The SMILES string of the molecule is CC(C)c1nc(=S)cc(-c2cnn(C)c2)[nH]1. The first kappa shape index (κ1) is 11.0. The number of hydrogen-bond donors (Lipinski definition) is 1. The van der Waals surface area contributed by atoms with Gasteiger partial charge in [-0.15, -0.1) is 0 Å². The third-order valence-electron chi connectivity index (χ3n) is 2.32. The van der Waals surface area contributed by atoms with Crippen LogP contribution in [-0.2, 0) is 7.05 Å². The van der Waals surface area contributed by atoms with Gasteiger partial charge in [0.2, 0.25) is 0 Å². The Balaban J connectivity index is 2.53. The fraction of sp³-hybridized carbons (Fsp3) is 0.364. The summed E-state index contributed by atoms with van der Waals surface area (Å²) in [6, 6.07) is 1.86. The highest BCUT2D eigenvalue weighted by Gasteiger charge is 2.06. The van der Waals surface area contributed by atoms with Gasteiger partial charge >= 0.3 is 0 Å². The van der Waals surface area contributed by atoms with Crippen molar-refractivity contribution in [3.05, 3.63) is 28.9 Å². The van der Waals surface area contributed by atoms with E-state index in [9.17, 15) is 0 Å². The molecule has 0 radical (unpaired) electrons. The molecule has 0 saturated heterocycles. The van der Waals surface area contributed by atoms with Crippen LogP contribution in [0.2, 0.25) is 0 Å². The summed E-state index contributed by atoms with van der Waals surface area (Å²) in [5.74, 6) is 1.24. The summed E-state index contributed by atoms with van der Waals surface area (Å²) in [5, 5.41) is 4.14. The molecule has 16 heavy (non-hydrogen) atoms. The minimum absolute atomic E-state index is 0.332. The van der Waals surface area contributed by atoms with Crippen molar-refractivity contribution in [1.82, 2.24) is 19.7 Å². The molecule has 2 aromatic heterocycles. The summed E-state index contributed by atoms with van der Waals surface area (Å²) in [4.78, 5) is 7.58. The van der Waals surface area contributed by atoms with Crippen LogP contribution in [0.3, 0.4) is 0 Å². The van der Waals surface area contributed by atoms with Crippen LogP contribution in [0.25, 0.3) is 11.3 Å². The first-order valence-electron chi connectivity index (χ1n) is 5.16. The van der Waals surface area contributed by atoms with Crippen molar-refractivity contribution in [2.45, 2.75) is 19.8 Å². The van der Waals surface area contributed by atoms with Crippen molar-refractivity contribution in [2.75, 3.05) is 0 Å². The van der Waals surface area contributed by atoms with Crippen molar-refractivity contribution in [2.24, 2.45) is 7.05 Å². The maximum absolute atomic E-state index is 5.15. The molecule has 0 fully saturated rings. The van der Waals surface area contributed by atoms with Crippen molar-refractivity contribution in [3.63, 3.8) is 0 Å². The maximum Gasteiger partial charge on any atom is 0.130 e. The molecule has 4 nitrogen and oxygen atoms in total. The quantitative estimate of drug-likeness (QED) is 0.813. The van der Waals surface area contributed by atoms with E-state index in [1.807, 2.05) is 25.5 Å². The maximum atomic E-state index is 5.15. The lowest BCUT2D eigenvalue weighted by molar-refractivity contribution is 0.767. The molecule has 0 unspecified atom stereocenters. The molecule has 0 spiro atoms. The summed E-state index contributed by atoms with van der Waals surface area (Å²) in [7, 11) is 1.89. The topological polar surface area (TPSA) is 46.5 Å². The summed E-state index contributed by atoms with van der Waals surface area (Å²) >= 11 is 5.15. The number of aromatic nitrogens is 4. The van der Waals surface area contributed by atoms with Crippen molar-refractivity contribution >= 4 is 12.2 Å². The van der Waals surface area contributed by atoms with Crippen LogP contribution in [0, 0.1) is 4.64 Å². The van der Waals surface area contributed by atoms with Crippen LogP contribution >= 0.6 is 12.2 Å². The molecule has 2 aromatic rings. The molecule has 0 aliphatic rings. The van der Waals surface area contributed by atoms with Crippen LogP contribution in [0.4, 0.5) is 0 Å². The Morgan fingerprint density at radius 1 is 1.44 bits per heavy atom. The van der Waals surface area contributed by atoms with E-state index < -0.39 is 0 Å². The van der Waals surface area contributed by atoms with Gasteiger partial charge in [-0.05, 0) is 6.07 Å². The minimum Gasteiger partial charge on any atom is -0.343 e. The first-order valence-corrected chi connectivity index (χ1v) is 5.57. The zero-order valence-corrected chi connectivity index (χ0v) is 10.4. The average Bonchev–Trinajstić information content (AvgIpc) is 2.64. The molecule has 0 aliphatic heterocycles. The van der Waals surface area contributed by atoms with Crippen molar-refractivity contribution < 1.29 is 0 Å². The predicted octanol–water partition coefficient (Wildman–Crippen LogP) is 2.66. The second kappa shape index (κ2) is 4.17. The number of nitrogens with zero attached hydrogens (tertiary/aromatic N) is 3. The largest absolute Gasteiger partial charge is 0.343 e. The van der Waals surface area contributed by atoms with E-state index in [1.165, 1.54) is 0 Å². The van der Waals surface area contributed by atoms with E-state index in [1.54, 1.807) is 4.68 Å². The fourth-order valence-electron chi connectivity index (χ4n) is 1.47. The van der Waals surface area contributed by atoms with Crippen LogP contribution < -0.4 is 0 Å². The third-order valence-corrected chi connectivity index (χ3v) is 2.53. The molecular weight excluding hydrogens is 220 g/mol. The molecule has 0 aliphatic carbocycles. The molecule has 2 heterocycles. The zero-order valence-electron chi connectivity index (χ0n) is 9.56. The second-order valence-electron chi connectivity index (χ2n) is 4.08. The summed E-state index contributed by atoms with van der Waals surface area (Å²) < 4.78 is 2.38. The molecule has 0 atom stereocenters. The van der Waals surface area contributed by atoms with E-state index >= 15 is 0 Å². The Morgan fingerprint density at radius 3 is 2.75 bits per heavy atom. The van der Waals surface area contributed by atoms with Crippen LogP contribution in [0.1, 0.15) is 25.6 Å². The van der Waals surface area contributed by atoms with Gasteiger partial charge in [0.05, 0.1) is 11.9 Å². The molecule has 0 amide bonds. The second-order valence-corrected chi connectivity index (χ2v) is 4.49. The Morgan fingerprint density at radius 2 is 2.19 bits per heavy atom. The van der Waals surface area contributed by atoms with Gasteiger partial charge in [-0.25, -0.2) is 4.98 Å². The number of hydrogen-bond acceptors (Lipinski definition) is 3. The van der Waals surface area contributed by atoms with Gasteiger partial charge in [0.15, 0.2) is 0 Å². The van der Waals surface area contributed by atoms with Gasteiger partial charge in [0.1, 0.15) is 10.5 Å². The van der Waals surface area contributed by atoms with Gasteiger partial charge in [-0.3, -0.25) is 4.68 Å². The molecule has 84 valence electrons. The standard InChI is InChI=1S/C11H14N4S/c1-7(2)11-13-9(4-10(16)14-11)8-5-12-15(3)6-8/h4-7H,1-3H3,(H,13,14,16). The first-order chi connectivity index (χ1) is 7.56. The number of H-pyrrole nitrogens is 1. The van der Waals surface area contributed by atoms with Crippen LogP contribution in [0.5, 0.6) is 0 Å². The number of aromatic amines is 1. The van der Waals surface area contributed by atoms with Gasteiger partial charge in [0.25, 0.3) is 0 Å². The Kier molecular flexibility index (Phi) is 2.87. The Labute approximate surface area is 99.4 Å².